The highest BCUT2D eigenvalue weighted by atomic mass is 32.2. The second-order valence-corrected chi connectivity index (χ2v) is 7.20. The minimum absolute atomic E-state index is 0.227. The Bertz CT molecular complexity index is 325. The highest BCUT2D eigenvalue weighted by molar-refractivity contribution is 7.89. The molecule has 1 heterocycles. The fourth-order valence-electron chi connectivity index (χ4n) is 2.31. The zero-order chi connectivity index (χ0) is 14.1. The molecule has 1 rings (SSSR count). The molecule has 0 atom stereocenters. The average Bonchev–Trinajstić information content (AvgIpc) is 2.43. The number of sulfonamides is 1. The van der Waals surface area contributed by atoms with Gasteiger partial charge in [-0.2, -0.15) is 0 Å². The molecule has 0 bridgehead atoms. The number of rotatable bonds is 9. The summed E-state index contributed by atoms with van der Waals surface area (Å²) < 4.78 is 31.2. The van der Waals surface area contributed by atoms with Gasteiger partial charge in [0.25, 0.3) is 0 Å². The molecular formula is C13H28N2O3S. The van der Waals surface area contributed by atoms with E-state index in [-0.39, 0.29) is 11.9 Å². The van der Waals surface area contributed by atoms with Gasteiger partial charge in [-0.15, -0.1) is 0 Å². The maximum atomic E-state index is 12.1. The third kappa shape index (κ3) is 6.21. The minimum atomic E-state index is -3.06. The first kappa shape index (κ1) is 16.9. The number of hydrogen-bond acceptors (Lipinski definition) is 4. The van der Waals surface area contributed by atoms with Gasteiger partial charge in [0.2, 0.25) is 10.0 Å². The van der Waals surface area contributed by atoms with E-state index in [0.29, 0.717) is 13.1 Å². The lowest BCUT2D eigenvalue weighted by molar-refractivity contribution is 0.0604. The Balaban J connectivity index is 2.21. The van der Waals surface area contributed by atoms with Gasteiger partial charge in [0.05, 0.1) is 11.9 Å². The number of ether oxygens (including phenoxy) is 1. The molecular weight excluding hydrogens is 264 g/mol. The lowest BCUT2D eigenvalue weighted by atomic mass is 10.1. The Kier molecular flexibility index (Phi) is 7.90. The van der Waals surface area contributed by atoms with Gasteiger partial charge < -0.3 is 10.1 Å². The van der Waals surface area contributed by atoms with Gasteiger partial charge in [0.15, 0.2) is 0 Å². The summed E-state index contributed by atoms with van der Waals surface area (Å²) in [6.45, 7) is 5.26. The van der Waals surface area contributed by atoms with Crippen molar-refractivity contribution in [2.24, 2.45) is 0 Å². The van der Waals surface area contributed by atoms with Crippen molar-refractivity contribution in [1.29, 1.82) is 0 Å². The molecule has 0 aromatic heterocycles. The second-order valence-electron chi connectivity index (χ2n) is 5.11. The van der Waals surface area contributed by atoms with Crippen LogP contribution in [0.3, 0.4) is 0 Å². The van der Waals surface area contributed by atoms with Gasteiger partial charge in [-0.3, -0.25) is 0 Å². The quantitative estimate of drug-likeness (QED) is 0.649. The van der Waals surface area contributed by atoms with Crippen molar-refractivity contribution in [2.45, 2.75) is 45.1 Å². The summed E-state index contributed by atoms with van der Waals surface area (Å²) in [6.07, 6.45) is 4.63. The van der Waals surface area contributed by atoms with Crippen LogP contribution in [0.2, 0.25) is 0 Å². The standard InChI is InChI=1S/C13H28N2O3S/c1-3-8-14-9-4-5-12-19(16,17)15-10-6-13(18-2)7-11-15/h13-14H,3-12H2,1-2H3. The van der Waals surface area contributed by atoms with Crippen molar-refractivity contribution >= 4 is 10.0 Å². The predicted molar refractivity (Wildman–Crippen MR) is 77.8 cm³/mol. The maximum absolute atomic E-state index is 12.1. The highest BCUT2D eigenvalue weighted by Crippen LogP contribution is 2.17. The molecule has 1 aliphatic heterocycles. The van der Waals surface area contributed by atoms with Gasteiger partial charge >= 0.3 is 0 Å². The average molecular weight is 292 g/mol. The van der Waals surface area contributed by atoms with E-state index in [0.717, 1.165) is 45.2 Å². The Morgan fingerprint density at radius 2 is 1.89 bits per heavy atom. The van der Waals surface area contributed by atoms with Crippen LogP contribution in [-0.4, -0.2) is 57.9 Å². The van der Waals surface area contributed by atoms with E-state index < -0.39 is 10.0 Å². The molecule has 6 heteroatoms. The van der Waals surface area contributed by atoms with E-state index in [1.54, 1.807) is 11.4 Å². The Morgan fingerprint density at radius 3 is 2.47 bits per heavy atom. The van der Waals surface area contributed by atoms with Gasteiger partial charge in [-0.25, -0.2) is 12.7 Å². The van der Waals surface area contributed by atoms with Crippen LogP contribution in [0, 0.1) is 0 Å². The SMILES string of the molecule is CCCNCCCCS(=O)(=O)N1CCC(OC)CC1. The lowest BCUT2D eigenvalue weighted by Gasteiger charge is -2.30. The number of nitrogens with zero attached hydrogens (tertiary/aromatic N) is 1. The van der Waals surface area contributed by atoms with E-state index in [1.165, 1.54) is 0 Å². The number of nitrogens with one attached hydrogen (secondary N) is 1. The monoisotopic (exact) mass is 292 g/mol. The normalized spacial score (nSPS) is 18.8. The summed E-state index contributed by atoms with van der Waals surface area (Å²) in [5.74, 6) is 0.276. The Hall–Kier alpha value is -0.170. The lowest BCUT2D eigenvalue weighted by Crippen LogP contribution is -2.41. The Morgan fingerprint density at radius 1 is 1.21 bits per heavy atom. The van der Waals surface area contributed by atoms with Gasteiger partial charge in [-0.05, 0) is 45.2 Å². The molecule has 114 valence electrons. The highest BCUT2D eigenvalue weighted by Gasteiger charge is 2.27. The van der Waals surface area contributed by atoms with Crippen LogP contribution in [0.25, 0.3) is 0 Å². The molecule has 0 aromatic rings. The van der Waals surface area contributed by atoms with E-state index in [1.807, 2.05) is 0 Å². The van der Waals surface area contributed by atoms with Crippen molar-refractivity contribution in [2.75, 3.05) is 39.0 Å². The number of unbranched alkanes of at least 4 members (excludes halogenated alkanes) is 1. The molecule has 0 spiro atoms. The fraction of sp³-hybridized carbons (Fsp3) is 1.00. The molecule has 5 nitrogen and oxygen atoms in total. The second kappa shape index (κ2) is 8.89. The van der Waals surface area contributed by atoms with Crippen molar-refractivity contribution in [3.05, 3.63) is 0 Å². The molecule has 1 N–H and O–H groups in total. The molecule has 1 saturated heterocycles. The van der Waals surface area contributed by atoms with E-state index >= 15 is 0 Å². The number of methoxy groups -OCH3 is 1. The van der Waals surface area contributed by atoms with Crippen LogP contribution in [0.15, 0.2) is 0 Å². The molecule has 0 amide bonds. The predicted octanol–water partition coefficient (Wildman–Crippen LogP) is 1.21. The molecule has 0 aromatic carbocycles. The van der Waals surface area contributed by atoms with Crippen molar-refractivity contribution in [3.63, 3.8) is 0 Å². The zero-order valence-corrected chi connectivity index (χ0v) is 13.0. The first-order valence-corrected chi connectivity index (χ1v) is 8.92. The summed E-state index contributed by atoms with van der Waals surface area (Å²) in [7, 11) is -1.37. The van der Waals surface area contributed by atoms with E-state index in [9.17, 15) is 8.42 Å². The largest absolute Gasteiger partial charge is 0.381 e. The van der Waals surface area contributed by atoms with Crippen LogP contribution in [0.4, 0.5) is 0 Å². The number of hydrogen-bond donors (Lipinski definition) is 1. The fourth-order valence-corrected chi connectivity index (χ4v) is 3.91. The van der Waals surface area contributed by atoms with E-state index in [2.05, 4.69) is 12.2 Å². The van der Waals surface area contributed by atoms with Crippen LogP contribution in [-0.2, 0) is 14.8 Å². The van der Waals surface area contributed by atoms with Crippen molar-refractivity contribution in [1.82, 2.24) is 9.62 Å². The third-order valence-corrected chi connectivity index (χ3v) is 5.52. The summed E-state index contributed by atoms with van der Waals surface area (Å²) in [5, 5.41) is 3.29. The summed E-state index contributed by atoms with van der Waals surface area (Å²) in [5.41, 5.74) is 0. The topological polar surface area (TPSA) is 58.6 Å². The Labute approximate surface area is 117 Å². The van der Waals surface area contributed by atoms with Crippen LogP contribution in [0.1, 0.15) is 39.0 Å². The summed E-state index contributed by atoms with van der Waals surface area (Å²) >= 11 is 0. The van der Waals surface area contributed by atoms with Crippen LogP contribution in [0.5, 0.6) is 0 Å². The molecule has 1 aliphatic rings. The van der Waals surface area contributed by atoms with Crippen molar-refractivity contribution in [3.8, 4) is 0 Å². The van der Waals surface area contributed by atoms with Crippen LogP contribution >= 0.6 is 0 Å². The minimum Gasteiger partial charge on any atom is -0.381 e. The molecule has 0 unspecified atom stereocenters. The third-order valence-electron chi connectivity index (χ3n) is 3.56. The summed E-state index contributed by atoms with van der Waals surface area (Å²) in [6, 6.07) is 0. The van der Waals surface area contributed by atoms with Gasteiger partial charge in [0.1, 0.15) is 0 Å². The van der Waals surface area contributed by atoms with E-state index in [4.69, 9.17) is 4.74 Å². The molecule has 1 fully saturated rings. The molecule has 19 heavy (non-hydrogen) atoms. The van der Waals surface area contributed by atoms with Gasteiger partial charge in [0, 0.05) is 20.2 Å². The smallest absolute Gasteiger partial charge is 0.214 e. The molecule has 0 saturated carbocycles. The summed E-state index contributed by atoms with van der Waals surface area (Å²) in [4.78, 5) is 0. The molecule has 0 radical (unpaired) electrons. The number of piperidine rings is 1. The zero-order valence-electron chi connectivity index (χ0n) is 12.2. The van der Waals surface area contributed by atoms with Crippen molar-refractivity contribution < 1.29 is 13.2 Å². The first-order chi connectivity index (χ1) is 9.10. The van der Waals surface area contributed by atoms with Crippen LogP contribution < -0.4 is 5.32 Å². The first-order valence-electron chi connectivity index (χ1n) is 7.31. The van der Waals surface area contributed by atoms with Gasteiger partial charge in [-0.1, -0.05) is 6.92 Å². The molecule has 0 aliphatic carbocycles. The maximum Gasteiger partial charge on any atom is 0.214 e.